The molecule has 0 aliphatic carbocycles. The first kappa shape index (κ1) is 29.1. The standard InChI is InChI=1S/C31H40N4O5/c1-6-9-12-19-40-23-15-14-22(20-24(23)39-5)28-26(30(37)31(38)35(28)18-17-33(7-2)8-3)29(36)27-21(4)32-25-13-10-11-16-34(25)27/h10-11,13-16,20,28,36H,6-9,12,17-19H2,1-5H3/b29-26+. The molecule has 40 heavy (non-hydrogen) atoms. The van der Waals surface area contributed by atoms with Crippen LogP contribution in [0.5, 0.6) is 11.5 Å². The Morgan fingerprint density at radius 2 is 1.85 bits per heavy atom. The van der Waals surface area contributed by atoms with Gasteiger partial charge in [-0.2, -0.15) is 0 Å². The minimum atomic E-state index is -0.799. The molecule has 3 aromatic rings. The highest BCUT2D eigenvalue weighted by molar-refractivity contribution is 6.46. The number of benzene rings is 1. The molecule has 0 radical (unpaired) electrons. The van der Waals surface area contributed by atoms with Gasteiger partial charge in [-0.15, -0.1) is 0 Å². The summed E-state index contributed by atoms with van der Waals surface area (Å²) in [5, 5.41) is 11.7. The highest BCUT2D eigenvalue weighted by atomic mass is 16.5. The van der Waals surface area contributed by atoms with E-state index in [2.05, 4.69) is 30.7 Å². The highest BCUT2D eigenvalue weighted by Gasteiger charge is 2.46. The van der Waals surface area contributed by atoms with Gasteiger partial charge in [0.25, 0.3) is 11.7 Å². The Labute approximate surface area is 236 Å². The summed E-state index contributed by atoms with van der Waals surface area (Å²) in [5.41, 5.74) is 2.29. The Balaban J connectivity index is 1.82. The van der Waals surface area contributed by atoms with Crippen LogP contribution in [0.25, 0.3) is 11.4 Å². The lowest BCUT2D eigenvalue weighted by molar-refractivity contribution is -0.140. The normalized spacial score (nSPS) is 16.9. The van der Waals surface area contributed by atoms with Crippen molar-refractivity contribution in [2.75, 3.05) is 39.9 Å². The van der Waals surface area contributed by atoms with Crippen molar-refractivity contribution < 1.29 is 24.2 Å². The molecule has 2 aromatic heterocycles. The van der Waals surface area contributed by atoms with E-state index in [4.69, 9.17) is 9.47 Å². The third-order valence-corrected chi connectivity index (χ3v) is 7.53. The zero-order valence-electron chi connectivity index (χ0n) is 24.1. The summed E-state index contributed by atoms with van der Waals surface area (Å²) in [4.78, 5) is 35.3. The first-order chi connectivity index (χ1) is 19.4. The number of aliphatic hydroxyl groups excluding tert-OH is 1. The number of imidazole rings is 1. The summed E-state index contributed by atoms with van der Waals surface area (Å²) in [6.07, 6.45) is 4.89. The van der Waals surface area contributed by atoms with Gasteiger partial charge in [-0.05, 0) is 56.3 Å². The number of aryl methyl sites for hydroxylation is 1. The zero-order chi connectivity index (χ0) is 28.8. The molecule has 0 bridgehead atoms. The molecule has 214 valence electrons. The van der Waals surface area contributed by atoms with Crippen molar-refractivity contribution in [1.29, 1.82) is 0 Å². The van der Waals surface area contributed by atoms with E-state index >= 15 is 0 Å². The van der Waals surface area contributed by atoms with E-state index in [1.54, 1.807) is 35.6 Å². The molecular weight excluding hydrogens is 508 g/mol. The molecule has 1 unspecified atom stereocenters. The van der Waals surface area contributed by atoms with Gasteiger partial charge in [0.1, 0.15) is 11.3 Å². The Morgan fingerprint density at radius 3 is 2.55 bits per heavy atom. The number of carbonyl (C=O) groups excluding carboxylic acids is 2. The molecule has 0 spiro atoms. The fourth-order valence-corrected chi connectivity index (χ4v) is 5.28. The lowest BCUT2D eigenvalue weighted by Crippen LogP contribution is -2.38. The van der Waals surface area contributed by atoms with Crippen LogP contribution in [-0.4, -0.2) is 75.9 Å². The molecule has 1 atom stereocenters. The van der Waals surface area contributed by atoms with E-state index < -0.39 is 17.7 Å². The first-order valence-electron chi connectivity index (χ1n) is 14.1. The number of ether oxygens (including phenoxy) is 2. The van der Waals surface area contributed by atoms with E-state index in [1.807, 2.05) is 30.3 Å². The number of likely N-dealkylation sites (N-methyl/N-ethyl adjacent to an activating group) is 1. The number of rotatable bonds is 13. The predicted octanol–water partition coefficient (Wildman–Crippen LogP) is 4.98. The number of aliphatic hydroxyl groups is 1. The number of amides is 1. The number of pyridine rings is 1. The smallest absolute Gasteiger partial charge is 0.295 e. The van der Waals surface area contributed by atoms with Crippen LogP contribution in [-0.2, 0) is 9.59 Å². The maximum atomic E-state index is 13.6. The lowest BCUT2D eigenvalue weighted by Gasteiger charge is -2.28. The van der Waals surface area contributed by atoms with Crippen molar-refractivity contribution in [2.45, 2.75) is 53.0 Å². The van der Waals surface area contributed by atoms with Crippen LogP contribution in [0.2, 0.25) is 0 Å². The molecule has 9 heteroatoms. The van der Waals surface area contributed by atoms with Crippen molar-refractivity contribution >= 4 is 23.1 Å². The molecular formula is C31H40N4O5. The van der Waals surface area contributed by atoms with Crippen molar-refractivity contribution in [1.82, 2.24) is 19.2 Å². The van der Waals surface area contributed by atoms with Crippen LogP contribution in [0, 0.1) is 6.92 Å². The van der Waals surface area contributed by atoms with Gasteiger partial charge in [0.05, 0.1) is 31.0 Å². The largest absolute Gasteiger partial charge is 0.505 e. The molecule has 4 rings (SSSR count). The summed E-state index contributed by atoms with van der Waals surface area (Å²) in [7, 11) is 1.57. The molecule has 9 nitrogen and oxygen atoms in total. The summed E-state index contributed by atoms with van der Waals surface area (Å²) >= 11 is 0. The second kappa shape index (κ2) is 13.0. The third-order valence-electron chi connectivity index (χ3n) is 7.53. The number of hydrogen-bond donors (Lipinski definition) is 1. The SMILES string of the molecule is CCCCCOc1ccc(C2/C(=C(\O)c3c(C)nc4ccccn34)C(=O)C(=O)N2CCN(CC)CC)cc1OC. The molecule has 3 heterocycles. The van der Waals surface area contributed by atoms with E-state index in [9.17, 15) is 14.7 Å². The van der Waals surface area contributed by atoms with Gasteiger partial charge in [0.15, 0.2) is 17.3 Å². The average Bonchev–Trinajstić information content (AvgIpc) is 3.43. The molecule has 1 aliphatic rings. The Kier molecular flexibility index (Phi) is 9.47. The van der Waals surface area contributed by atoms with E-state index in [0.29, 0.717) is 53.8 Å². The molecule has 1 saturated heterocycles. The molecule has 1 amide bonds. The molecule has 1 N–H and O–H groups in total. The number of fused-ring (bicyclic) bond motifs is 1. The number of likely N-dealkylation sites (tertiary alicyclic amines) is 1. The van der Waals surface area contributed by atoms with Crippen LogP contribution >= 0.6 is 0 Å². The fourth-order valence-electron chi connectivity index (χ4n) is 5.28. The Hall–Kier alpha value is -3.85. The second-order valence-corrected chi connectivity index (χ2v) is 9.96. The van der Waals surface area contributed by atoms with Crippen molar-refractivity contribution in [3.8, 4) is 11.5 Å². The van der Waals surface area contributed by atoms with E-state index in [1.165, 1.54) is 0 Å². The first-order valence-corrected chi connectivity index (χ1v) is 14.1. The van der Waals surface area contributed by atoms with Gasteiger partial charge in [0, 0.05) is 19.3 Å². The number of unbranched alkanes of at least 4 members (excludes halogenated alkanes) is 2. The highest BCUT2D eigenvalue weighted by Crippen LogP contribution is 2.42. The summed E-state index contributed by atoms with van der Waals surface area (Å²) in [6, 6.07) is 10.2. The van der Waals surface area contributed by atoms with Crippen LogP contribution in [0.4, 0.5) is 0 Å². The zero-order valence-corrected chi connectivity index (χ0v) is 24.1. The maximum absolute atomic E-state index is 13.6. The fraction of sp³-hybridized carbons (Fsp3) is 0.452. The van der Waals surface area contributed by atoms with Crippen molar-refractivity contribution in [3.05, 3.63) is 65.1 Å². The minimum absolute atomic E-state index is 0.0389. The molecule has 1 aliphatic heterocycles. The lowest BCUT2D eigenvalue weighted by atomic mass is 9.96. The molecule has 1 aromatic carbocycles. The Bertz CT molecular complexity index is 1390. The van der Waals surface area contributed by atoms with Gasteiger partial charge in [-0.1, -0.05) is 45.7 Å². The van der Waals surface area contributed by atoms with Crippen LogP contribution in [0.1, 0.15) is 63.0 Å². The van der Waals surface area contributed by atoms with Gasteiger partial charge < -0.3 is 24.4 Å². The number of carbonyl (C=O) groups is 2. The Morgan fingerprint density at radius 1 is 1.07 bits per heavy atom. The quantitative estimate of drug-likeness (QED) is 0.139. The predicted molar refractivity (Wildman–Crippen MR) is 155 cm³/mol. The second-order valence-electron chi connectivity index (χ2n) is 9.96. The van der Waals surface area contributed by atoms with Crippen molar-refractivity contribution in [2.24, 2.45) is 0 Å². The van der Waals surface area contributed by atoms with Gasteiger partial charge in [0.2, 0.25) is 0 Å². The van der Waals surface area contributed by atoms with E-state index in [0.717, 1.165) is 32.4 Å². The van der Waals surface area contributed by atoms with Gasteiger partial charge in [-0.25, -0.2) is 4.98 Å². The number of nitrogens with zero attached hydrogens (tertiary/aromatic N) is 4. The number of methoxy groups -OCH3 is 1. The van der Waals surface area contributed by atoms with E-state index in [-0.39, 0.29) is 11.3 Å². The van der Waals surface area contributed by atoms with Crippen LogP contribution in [0.15, 0.2) is 48.2 Å². The summed E-state index contributed by atoms with van der Waals surface area (Å²) < 4.78 is 13.4. The van der Waals surface area contributed by atoms with Crippen LogP contribution < -0.4 is 9.47 Å². The van der Waals surface area contributed by atoms with Crippen LogP contribution in [0.3, 0.4) is 0 Å². The maximum Gasteiger partial charge on any atom is 0.295 e. The van der Waals surface area contributed by atoms with Gasteiger partial charge in [-0.3, -0.25) is 14.0 Å². The molecule has 1 fully saturated rings. The minimum Gasteiger partial charge on any atom is -0.505 e. The summed E-state index contributed by atoms with van der Waals surface area (Å²) in [6.45, 7) is 11.2. The molecule has 0 saturated carbocycles. The number of aromatic nitrogens is 2. The van der Waals surface area contributed by atoms with Crippen molar-refractivity contribution in [3.63, 3.8) is 0 Å². The van der Waals surface area contributed by atoms with Gasteiger partial charge >= 0.3 is 0 Å². The number of Topliss-reactive ketones (excluding diaryl/α,β-unsaturated/α-hetero) is 1. The number of hydrogen-bond acceptors (Lipinski definition) is 7. The number of ketones is 1. The third kappa shape index (κ3) is 5.70. The monoisotopic (exact) mass is 548 g/mol. The topological polar surface area (TPSA) is 96.6 Å². The average molecular weight is 549 g/mol. The summed E-state index contributed by atoms with van der Waals surface area (Å²) in [5.74, 6) is -0.492.